The Morgan fingerprint density at radius 1 is 1.69 bits per heavy atom. The second-order valence-electron chi connectivity index (χ2n) is 3.16. The summed E-state index contributed by atoms with van der Waals surface area (Å²) in [6.07, 6.45) is 0.930. The van der Waals surface area contributed by atoms with Gasteiger partial charge in [0.2, 0.25) is 5.75 Å². The summed E-state index contributed by atoms with van der Waals surface area (Å²) < 4.78 is 5.21. The molecule has 0 saturated carbocycles. The third kappa shape index (κ3) is 2.75. The van der Waals surface area contributed by atoms with E-state index in [0.717, 1.165) is 0 Å². The predicted octanol–water partition coefficient (Wildman–Crippen LogP) is 1.74. The van der Waals surface area contributed by atoms with Gasteiger partial charge >= 0.3 is 5.82 Å². The lowest BCUT2D eigenvalue weighted by molar-refractivity contribution is -0.390. The third-order valence-electron chi connectivity index (χ3n) is 2.03. The number of pyridine rings is 1. The average molecular weight is 224 g/mol. The van der Waals surface area contributed by atoms with Crippen molar-refractivity contribution in [2.75, 3.05) is 0 Å². The number of ketones is 1. The van der Waals surface area contributed by atoms with Crippen molar-refractivity contribution in [1.29, 1.82) is 0 Å². The Bertz CT molecular complexity index is 406. The summed E-state index contributed by atoms with van der Waals surface area (Å²) >= 11 is 0. The van der Waals surface area contributed by atoms with Crippen molar-refractivity contribution < 1.29 is 14.5 Å². The van der Waals surface area contributed by atoms with Gasteiger partial charge in [-0.2, -0.15) is 0 Å². The molecule has 1 atom stereocenters. The molecule has 6 heteroatoms. The van der Waals surface area contributed by atoms with Gasteiger partial charge in [-0.3, -0.25) is 4.79 Å². The number of Topliss-reactive ketones (excluding diaryl/α,β-unsaturated/α-hetero) is 1. The van der Waals surface area contributed by atoms with E-state index in [9.17, 15) is 14.9 Å². The number of hydrogen-bond acceptors (Lipinski definition) is 5. The molecule has 16 heavy (non-hydrogen) atoms. The van der Waals surface area contributed by atoms with Crippen LogP contribution in [-0.4, -0.2) is 21.8 Å². The molecule has 1 unspecified atom stereocenters. The average Bonchev–Trinajstić information content (AvgIpc) is 2.28. The van der Waals surface area contributed by atoms with Crippen LogP contribution in [-0.2, 0) is 4.79 Å². The highest BCUT2D eigenvalue weighted by Gasteiger charge is 2.20. The zero-order valence-corrected chi connectivity index (χ0v) is 9.04. The molecular formula is C10H12N2O4. The number of hydrogen-bond donors (Lipinski definition) is 0. The maximum atomic E-state index is 11.3. The highest BCUT2D eigenvalue weighted by Crippen LogP contribution is 2.24. The summed E-state index contributed by atoms with van der Waals surface area (Å²) in [5, 5.41) is 10.6. The molecule has 1 heterocycles. The summed E-state index contributed by atoms with van der Waals surface area (Å²) in [6.45, 7) is 3.27. The zero-order chi connectivity index (χ0) is 12.1. The molecule has 0 saturated heterocycles. The summed E-state index contributed by atoms with van der Waals surface area (Å²) in [7, 11) is 0. The van der Waals surface area contributed by atoms with Crippen LogP contribution < -0.4 is 4.74 Å². The van der Waals surface area contributed by atoms with Gasteiger partial charge < -0.3 is 14.9 Å². The van der Waals surface area contributed by atoms with Crippen LogP contribution in [0.4, 0.5) is 5.82 Å². The van der Waals surface area contributed by atoms with Crippen LogP contribution in [0.15, 0.2) is 18.3 Å². The molecule has 0 amide bonds. The van der Waals surface area contributed by atoms with Gasteiger partial charge in [0.25, 0.3) is 0 Å². The van der Waals surface area contributed by atoms with Gasteiger partial charge in [0, 0.05) is 6.42 Å². The van der Waals surface area contributed by atoms with Gasteiger partial charge in [-0.05, 0) is 29.0 Å². The van der Waals surface area contributed by atoms with Crippen molar-refractivity contribution in [2.45, 2.75) is 26.4 Å². The number of rotatable bonds is 5. The summed E-state index contributed by atoms with van der Waals surface area (Å²) in [5.74, 6) is -0.474. The van der Waals surface area contributed by atoms with E-state index in [2.05, 4.69) is 4.98 Å². The Hall–Kier alpha value is -1.98. The number of carbonyl (C=O) groups is 1. The van der Waals surface area contributed by atoms with Crippen LogP contribution in [0.3, 0.4) is 0 Å². The van der Waals surface area contributed by atoms with E-state index in [1.807, 2.05) is 0 Å². The third-order valence-corrected chi connectivity index (χ3v) is 2.03. The summed E-state index contributed by atoms with van der Waals surface area (Å²) in [5.41, 5.74) is 0. The largest absolute Gasteiger partial charge is 0.475 e. The van der Waals surface area contributed by atoms with Crippen molar-refractivity contribution >= 4 is 11.6 Å². The topological polar surface area (TPSA) is 82.3 Å². The van der Waals surface area contributed by atoms with Crippen LogP contribution in [0, 0.1) is 10.1 Å². The van der Waals surface area contributed by atoms with E-state index >= 15 is 0 Å². The van der Waals surface area contributed by atoms with E-state index in [1.54, 1.807) is 13.8 Å². The molecule has 0 radical (unpaired) electrons. The van der Waals surface area contributed by atoms with Crippen LogP contribution in [0.2, 0.25) is 0 Å². The second-order valence-corrected chi connectivity index (χ2v) is 3.16. The van der Waals surface area contributed by atoms with Crippen molar-refractivity contribution in [1.82, 2.24) is 4.98 Å². The molecule has 1 aromatic heterocycles. The highest BCUT2D eigenvalue weighted by molar-refractivity contribution is 5.82. The fourth-order valence-electron chi connectivity index (χ4n) is 1.15. The van der Waals surface area contributed by atoms with E-state index in [0.29, 0.717) is 6.42 Å². The zero-order valence-electron chi connectivity index (χ0n) is 9.04. The maximum Gasteiger partial charge on any atom is 0.406 e. The minimum absolute atomic E-state index is 0.0156. The fourth-order valence-corrected chi connectivity index (χ4v) is 1.15. The van der Waals surface area contributed by atoms with Crippen molar-refractivity contribution in [2.24, 2.45) is 0 Å². The first kappa shape index (κ1) is 12.1. The standard InChI is InChI=1S/C10H12N2O4/c1-3-8(13)7(2)16-9-5-4-6-11-10(9)12(14)15/h4-7H,3H2,1-2H3. The quantitative estimate of drug-likeness (QED) is 0.562. The molecule has 0 bridgehead atoms. The first-order valence-corrected chi connectivity index (χ1v) is 4.85. The SMILES string of the molecule is CCC(=O)C(C)Oc1cccnc1[N+](=O)[O-]. The van der Waals surface area contributed by atoms with Crippen molar-refractivity contribution in [3.05, 3.63) is 28.4 Å². The van der Waals surface area contributed by atoms with Crippen LogP contribution in [0.25, 0.3) is 0 Å². The molecule has 0 spiro atoms. The molecule has 1 aromatic rings. The van der Waals surface area contributed by atoms with Crippen molar-refractivity contribution in [3.63, 3.8) is 0 Å². The molecule has 1 rings (SSSR count). The van der Waals surface area contributed by atoms with Crippen LogP contribution in [0.5, 0.6) is 5.75 Å². The molecule has 0 fully saturated rings. The lowest BCUT2D eigenvalue weighted by Gasteiger charge is -2.11. The minimum Gasteiger partial charge on any atom is -0.475 e. The molecule has 0 aliphatic rings. The normalized spacial score (nSPS) is 11.9. The lowest BCUT2D eigenvalue weighted by atomic mass is 10.2. The number of ether oxygens (including phenoxy) is 1. The van der Waals surface area contributed by atoms with Gasteiger partial charge in [0.15, 0.2) is 11.9 Å². The Morgan fingerprint density at radius 2 is 2.38 bits per heavy atom. The first-order chi connectivity index (χ1) is 7.56. The number of carbonyl (C=O) groups excluding carboxylic acids is 1. The van der Waals surface area contributed by atoms with E-state index in [-0.39, 0.29) is 17.4 Å². The van der Waals surface area contributed by atoms with E-state index < -0.39 is 11.0 Å². The summed E-state index contributed by atoms with van der Waals surface area (Å²) in [6, 6.07) is 2.94. The van der Waals surface area contributed by atoms with Crippen LogP contribution >= 0.6 is 0 Å². The molecular weight excluding hydrogens is 212 g/mol. The van der Waals surface area contributed by atoms with Gasteiger partial charge in [0.1, 0.15) is 6.20 Å². The Balaban J connectivity index is 2.88. The van der Waals surface area contributed by atoms with Gasteiger partial charge in [-0.25, -0.2) is 0 Å². The molecule has 0 aliphatic carbocycles. The minimum atomic E-state index is -0.701. The van der Waals surface area contributed by atoms with Crippen LogP contribution in [0.1, 0.15) is 20.3 Å². The Morgan fingerprint density at radius 3 is 2.94 bits per heavy atom. The monoisotopic (exact) mass is 224 g/mol. The van der Waals surface area contributed by atoms with E-state index in [4.69, 9.17) is 4.74 Å². The smallest absolute Gasteiger partial charge is 0.406 e. The molecule has 6 nitrogen and oxygen atoms in total. The summed E-state index contributed by atoms with van der Waals surface area (Å²) in [4.78, 5) is 24.8. The highest BCUT2D eigenvalue weighted by atomic mass is 16.6. The molecule has 0 aliphatic heterocycles. The number of nitrogens with zero attached hydrogens (tertiary/aromatic N) is 2. The van der Waals surface area contributed by atoms with Crippen molar-refractivity contribution in [3.8, 4) is 5.75 Å². The number of aromatic nitrogens is 1. The maximum absolute atomic E-state index is 11.3. The van der Waals surface area contributed by atoms with Gasteiger partial charge in [-0.1, -0.05) is 6.92 Å². The second kappa shape index (κ2) is 5.20. The molecule has 0 N–H and O–H groups in total. The first-order valence-electron chi connectivity index (χ1n) is 4.85. The van der Waals surface area contributed by atoms with Gasteiger partial charge in [0.05, 0.1) is 0 Å². The molecule has 0 aromatic carbocycles. The Labute approximate surface area is 92.4 Å². The molecule has 86 valence electrons. The van der Waals surface area contributed by atoms with E-state index in [1.165, 1.54) is 18.3 Å². The van der Waals surface area contributed by atoms with Gasteiger partial charge in [-0.15, -0.1) is 0 Å². The fraction of sp³-hybridized carbons (Fsp3) is 0.400. The predicted molar refractivity (Wildman–Crippen MR) is 56.3 cm³/mol. The lowest BCUT2D eigenvalue weighted by Crippen LogP contribution is -2.23. The number of nitro groups is 1. The Kier molecular flexibility index (Phi) is 3.93.